The largest absolute Gasteiger partial charge is 0.455 e. The first-order valence-electron chi connectivity index (χ1n) is 13.4. The van der Waals surface area contributed by atoms with Crippen molar-refractivity contribution in [1.29, 1.82) is 0 Å². The first-order chi connectivity index (χ1) is 21.0. The standard InChI is InChI=1S/C32H26FN5O5S/c1-18-9-11-19(12-10-18)29-28(31(39)34-2)22-14-21(26(15-27(22)43-29)37(3)44(4,41)42)20-13-23-30(35-16-20)36-17-38(32(23)40)25-8-6-5-7-24(25)33/h5-17H,1-4H3,(H,34,39). The minimum absolute atomic E-state index is 0.0217. The van der Waals surface area contributed by atoms with E-state index < -0.39 is 27.3 Å². The molecule has 0 bridgehead atoms. The van der Waals surface area contributed by atoms with Crippen LogP contribution in [0.1, 0.15) is 15.9 Å². The number of carbonyl (C=O) groups is 1. The van der Waals surface area contributed by atoms with Crippen LogP contribution in [0.25, 0.3) is 50.1 Å². The molecule has 3 aromatic carbocycles. The molecular weight excluding hydrogens is 585 g/mol. The van der Waals surface area contributed by atoms with Crippen molar-refractivity contribution in [2.45, 2.75) is 6.92 Å². The van der Waals surface area contributed by atoms with Gasteiger partial charge in [0.1, 0.15) is 23.5 Å². The molecule has 0 aliphatic rings. The molecular formula is C32H26FN5O5S. The number of para-hydroxylation sites is 1. The fourth-order valence-corrected chi connectivity index (χ4v) is 5.55. The third-order valence-corrected chi connectivity index (χ3v) is 8.64. The zero-order valence-electron chi connectivity index (χ0n) is 24.1. The highest BCUT2D eigenvalue weighted by Gasteiger charge is 2.26. The molecule has 222 valence electrons. The fraction of sp³-hybridized carbons (Fsp3) is 0.125. The van der Waals surface area contributed by atoms with Crippen LogP contribution in [0.5, 0.6) is 0 Å². The molecule has 10 nitrogen and oxygen atoms in total. The number of furan rings is 1. The summed E-state index contributed by atoms with van der Waals surface area (Å²) in [4.78, 5) is 35.4. The second-order valence-corrected chi connectivity index (χ2v) is 12.3. The number of sulfonamides is 1. The molecule has 0 aliphatic carbocycles. The van der Waals surface area contributed by atoms with Gasteiger partial charge in [-0.1, -0.05) is 42.0 Å². The van der Waals surface area contributed by atoms with Gasteiger partial charge in [0.25, 0.3) is 11.5 Å². The minimum atomic E-state index is -3.76. The van der Waals surface area contributed by atoms with Crippen molar-refractivity contribution < 1.29 is 22.0 Å². The van der Waals surface area contributed by atoms with Crippen molar-refractivity contribution in [3.63, 3.8) is 0 Å². The summed E-state index contributed by atoms with van der Waals surface area (Å²) in [6, 6.07) is 18.0. The van der Waals surface area contributed by atoms with Crippen LogP contribution in [0.2, 0.25) is 0 Å². The van der Waals surface area contributed by atoms with Gasteiger partial charge in [-0.3, -0.25) is 18.5 Å². The van der Waals surface area contributed by atoms with Gasteiger partial charge in [-0.25, -0.2) is 22.8 Å². The normalized spacial score (nSPS) is 11.7. The Morgan fingerprint density at radius 1 is 1.00 bits per heavy atom. The summed E-state index contributed by atoms with van der Waals surface area (Å²) in [7, 11) is -0.861. The van der Waals surface area contributed by atoms with E-state index in [9.17, 15) is 22.4 Å². The first kappa shape index (κ1) is 28.7. The Bertz CT molecular complexity index is 2280. The Kier molecular flexibility index (Phi) is 7.01. The average Bonchev–Trinajstić information content (AvgIpc) is 3.38. The molecule has 0 radical (unpaired) electrons. The Hall–Kier alpha value is -5.36. The minimum Gasteiger partial charge on any atom is -0.455 e. The number of rotatable bonds is 6. The maximum atomic E-state index is 14.6. The number of hydrogen-bond acceptors (Lipinski definition) is 7. The SMILES string of the molecule is CNC(=O)c1c(-c2ccc(C)cc2)oc2cc(N(C)S(C)(=O)=O)c(-c3cnc4ncn(-c5ccccc5F)c(=O)c4c3)cc12. The number of aryl methyl sites for hydroxylation is 1. The highest BCUT2D eigenvalue weighted by molar-refractivity contribution is 7.92. The number of nitrogens with zero attached hydrogens (tertiary/aromatic N) is 4. The first-order valence-corrected chi connectivity index (χ1v) is 15.3. The number of fused-ring (bicyclic) bond motifs is 2. The third kappa shape index (κ3) is 4.88. The Morgan fingerprint density at radius 2 is 1.73 bits per heavy atom. The van der Waals surface area contributed by atoms with Gasteiger partial charge in [0.15, 0.2) is 5.65 Å². The van der Waals surface area contributed by atoms with Gasteiger partial charge in [-0.2, -0.15) is 0 Å². The quantitative estimate of drug-likeness (QED) is 0.279. The number of pyridine rings is 1. The van der Waals surface area contributed by atoms with Gasteiger partial charge in [0, 0.05) is 48.4 Å². The number of halogens is 1. The monoisotopic (exact) mass is 611 g/mol. The lowest BCUT2D eigenvalue weighted by molar-refractivity contribution is 0.0964. The maximum Gasteiger partial charge on any atom is 0.267 e. The number of aromatic nitrogens is 3. The van der Waals surface area contributed by atoms with Gasteiger partial charge in [0.05, 0.1) is 28.6 Å². The van der Waals surface area contributed by atoms with Crippen LogP contribution in [-0.2, 0) is 10.0 Å². The smallest absolute Gasteiger partial charge is 0.267 e. The van der Waals surface area contributed by atoms with Crippen molar-refractivity contribution >= 4 is 43.6 Å². The van der Waals surface area contributed by atoms with E-state index >= 15 is 0 Å². The molecule has 0 fully saturated rings. The van der Waals surface area contributed by atoms with Crippen LogP contribution in [0.15, 0.2) is 88.5 Å². The number of benzene rings is 3. The van der Waals surface area contributed by atoms with Gasteiger partial charge in [-0.15, -0.1) is 0 Å². The summed E-state index contributed by atoms with van der Waals surface area (Å²) >= 11 is 0. The lowest BCUT2D eigenvalue weighted by atomic mass is 9.98. The van der Waals surface area contributed by atoms with Crippen LogP contribution in [-0.4, -0.2) is 49.2 Å². The number of hydrogen-bond donors (Lipinski definition) is 1. The number of nitrogens with one attached hydrogen (secondary N) is 1. The second-order valence-electron chi connectivity index (χ2n) is 10.3. The molecule has 0 unspecified atom stereocenters. The molecule has 6 rings (SSSR count). The van der Waals surface area contributed by atoms with E-state index in [0.717, 1.165) is 20.7 Å². The molecule has 0 atom stereocenters. The van der Waals surface area contributed by atoms with E-state index in [-0.39, 0.29) is 33.6 Å². The predicted octanol–water partition coefficient (Wildman–Crippen LogP) is 5.06. The predicted molar refractivity (Wildman–Crippen MR) is 167 cm³/mol. The number of anilines is 1. The zero-order chi connectivity index (χ0) is 31.3. The maximum absolute atomic E-state index is 14.6. The highest BCUT2D eigenvalue weighted by Crippen LogP contribution is 2.41. The molecule has 0 saturated carbocycles. The van der Waals surface area contributed by atoms with Crippen molar-refractivity contribution in [2.75, 3.05) is 24.7 Å². The van der Waals surface area contributed by atoms with E-state index in [2.05, 4.69) is 15.3 Å². The topological polar surface area (TPSA) is 127 Å². The third-order valence-electron chi connectivity index (χ3n) is 7.45. The van der Waals surface area contributed by atoms with Crippen LogP contribution in [0.4, 0.5) is 10.1 Å². The second kappa shape index (κ2) is 10.7. The Balaban J connectivity index is 1.65. The summed E-state index contributed by atoms with van der Waals surface area (Å²) in [6.07, 6.45) is 3.73. The molecule has 1 N–H and O–H groups in total. The summed E-state index contributed by atoms with van der Waals surface area (Å²) in [5.41, 5.74) is 2.78. The van der Waals surface area contributed by atoms with Gasteiger partial charge in [0.2, 0.25) is 10.0 Å². The van der Waals surface area contributed by atoms with E-state index in [1.165, 1.54) is 50.9 Å². The van der Waals surface area contributed by atoms with E-state index in [0.29, 0.717) is 27.8 Å². The molecule has 12 heteroatoms. The summed E-state index contributed by atoms with van der Waals surface area (Å²) < 4.78 is 48.4. The molecule has 0 aliphatic heterocycles. The van der Waals surface area contributed by atoms with Crippen molar-refractivity contribution in [1.82, 2.24) is 19.9 Å². The van der Waals surface area contributed by atoms with E-state index in [4.69, 9.17) is 4.42 Å². The van der Waals surface area contributed by atoms with Gasteiger partial charge in [-0.05, 0) is 31.2 Å². The van der Waals surface area contributed by atoms with Gasteiger partial charge < -0.3 is 9.73 Å². The highest BCUT2D eigenvalue weighted by atomic mass is 32.2. The molecule has 6 aromatic rings. The molecule has 0 spiro atoms. The van der Waals surface area contributed by atoms with Crippen LogP contribution in [0, 0.1) is 12.7 Å². The van der Waals surface area contributed by atoms with Crippen LogP contribution < -0.4 is 15.2 Å². The molecule has 0 saturated heterocycles. The zero-order valence-corrected chi connectivity index (χ0v) is 24.9. The molecule has 3 heterocycles. The molecule has 1 amide bonds. The van der Waals surface area contributed by atoms with Crippen LogP contribution >= 0.6 is 0 Å². The Morgan fingerprint density at radius 3 is 2.41 bits per heavy atom. The molecule has 3 aromatic heterocycles. The van der Waals surface area contributed by atoms with Gasteiger partial charge >= 0.3 is 0 Å². The number of carbonyl (C=O) groups excluding carboxylic acids is 1. The molecule has 44 heavy (non-hydrogen) atoms. The van der Waals surface area contributed by atoms with Crippen LogP contribution in [0.3, 0.4) is 0 Å². The van der Waals surface area contributed by atoms with E-state index in [1.807, 2.05) is 31.2 Å². The summed E-state index contributed by atoms with van der Waals surface area (Å²) in [5.74, 6) is -0.686. The summed E-state index contributed by atoms with van der Waals surface area (Å²) in [5, 5.41) is 3.17. The van der Waals surface area contributed by atoms with E-state index in [1.54, 1.807) is 18.2 Å². The lowest BCUT2D eigenvalue weighted by Crippen LogP contribution is -2.25. The average molecular weight is 612 g/mol. The summed E-state index contributed by atoms with van der Waals surface area (Å²) in [6.45, 7) is 1.94. The van der Waals surface area contributed by atoms with Crippen molar-refractivity contribution in [2.24, 2.45) is 0 Å². The van der Waals surface area contributed by atoms with Crippen molar-refractivity contribution in [3.8, 4) is 28.1 Å². The fourth-order valence-electron chi connectivity index (χ4n) is 5.04. The number of amides is 1. The van der Waals surface area contributed by atoms with Crippen molar-refractivity contribution in [3.05, 3.63) is 107 Å². The Labute approximate surface area is 251 Å². The lowest BCUT2D eigenvalue weighted by Gasteiger charge is -2.20.